The molecule has 24 heavy (non-hydrogen) atoms. The molecule has 0 aliphatic rings. The molecule has 0 unspecified atom stereocenters. The summed E-state index contributed by atoms with van der Waals surface area (Å²) < 4.78 is 0. The minimum absolute atomic E-state index is 0.304. The van der Waals surface area contributed by atoms with Gasteiger partial charge in [0.2, 0.25) is 0 Å². The lowest BCUT2D eigenvalue weighted by molar-refractivity contribution is 0.0686. The topological polar surface area (TPSA) is 74.6 Å². The van der Waals surface area contributed by atoms with E-state index in [4.69, 9.17) is 10.2 Å². The van der Waals surface area contributed by atoms with Crippen molar-refractivity contribution in [1.29, 1.82) is 0 Å². The third-order valence-electron chi connectivity index (χ3n) is 2.92. The summed E-state index contributed by atoms with van der Waals surface area (Å²) in [6, 6.07) is 13.9. The molecule has 126 valence electrons. The van der Waals surface area contributed by atoms with Gasteiger partial charge in [0.1, 0.15) is 0 Å². The molecule has 0 saturated heterocycles. The van der Waals surface area contributed by atoms with E-state index in [0.29, 0.717) is 11.1 Å². The molecular weight excluding hydrogens is 384 g/mol. The molecule has 0 atom stereocenters. The summed E-state index contributed by atoms with van der Waals surface area (Å²) in [7, 11) is 6.53. The summed E-state index contributed by atoms with van der Waals surface area (Å²) in [6.07, 6.45) is 0. The maximum Gasteiger partial charge on any atom is 0.335 e. The largest absolute Gasteiger partial charge is 0.478 e. The third-order valence-corrected chi connectivity index (χ3v) is 9.26. The number of hydrogen-bond acceptors (Lipinski definition) is 6. The number of carboxylic acid groups (broad SMARTS) is 2. The lowest BCUT2D eigenvalue weighted by atomic mass is 10.1. The molecule has 0 spiro atoms. The van der Waals surface area contributed by atoms with Gasteiger partial charge in [0.05, 0.1) is 11.1 Å². The average molecular weight is 399 g/mol. The van der Waals surface area contributed by atoms with Gasteiger partial charge in [-0.15, -0.1) is 0 Å². The van der Waals surface area contributed by atoms with Crippen LogP contribution in [0.4, 0.5) is 0 Å². The second-order valence-corrected chi connectivity index (χ2v) is 10.7. The highest BCUT2D eigenvalue weighted by Crippen LogP contribution is 2.45. The fraction of sp³-hybridized carbons (Fsp3) is 0.125. The quantitative estimate of drug-likeness (QED) is 0.426. The zero-order valence-electron chi connectivity index (χ0n) is 12.4. The minimum Gasteiger partial charge on any atom is -0.478 e. The Morgan fingerprint density at radius 3 is 1.54 bits per heavy atom. The van der Waals surface area contributed by atoms with E-state index in [1.54, 1.807) is 77.6 Å². The highest BCUT2D eigenvalue weighted by molar-refractivity contribution is 9.25. The van der Waals surface area contributed by atoms with Crippen molar-refractivity contribution >= 4 is 53.2 Å². The monoisotopic (exact) mass is 398 g/mol. The van der Waals surface area contributed by atoms with Crippen LogP contribution in [0.5, 0.6) is 0 Å². The van der Waals surface area contributed by atoms with Crippen LogP contribution in [0.2, 0.25) is 0 Å². The van der Waals surface area contributed by atoms with E-state index in [1.165, 1.54) is 0 Å². The molecule has 2 aromatic carbocycles. The summed E-state index contributed by atoms with van der Waals surface area (Å²) >= 11 is 0. The van der Waals surface area contributed by atoms with Gasteiger partial charge in [-0.25, -0.2) is 9.59 Å². The number of carbonyl (C=O) groups is 2. The van der Waals surface area contributed by atoms with Crippen molar-refractivity contribution < 1.29 is 19.8 Å². The van der Waals surface area contributed by atoms with Crippen LogP contribution in [0.15, 0.2) is 48.5 Å². The van der Waals surface area contributed by atoms with Crippen LogP contribution in [0.1, 0.15) is 31.8 Å². The molecule has 0 heterocycles. The second-order valence-electron chi connectivity index (χ2n) is 4.67. The van der Waals surface area contributed by atoms with Crippen molar-refractivity contribution in [3.63, 3.8) is 0 Å². The molecule has 0 aromatic heterocycles. The summed E-state index contributed by atoms with van der Waals surface area (Å²) in [5.74, 6) is -0.368. The summed E-state index contributed by atoms with van der Waals surface area (Å²) in [4.78, 5) is 21.8. The van der Waals surface area contributed by atoms with Gasteiger partial charge >= 0.3 is 11.9 Å². The van der Waals surface area contributed by atoms with Gasteiger partial charge in [-0.3, -0.25) is 0 Å². The van der Waals surface area contributed by atoms with E-state index < -0.39 is 11.9 Å². The molecule has 0 saturated carbocycles. The standard InChI is InChI=1S/C16H14O4S4/c17-15(18)13-5-1-3-11(7-13)9-21-23-24-22-10-12-4-2-6-14(8-12)16(19)20/h1-8H,9-10H2,(H,17,18)(H,19,20). The molecular formula is C16H14O4S4. The normalized spacial score (nSPS) is 10.5. The molecule has 0 aliphatic heterocycles. The average Bonchev–Trinajstić information content (AvgIpc) is 2.58. The van der Waals surface area contributed by atoms with Gasteiger partial charge in [0, 0.05) is 11.5 Å². The van der Waals surface area contributed by atoms with Crippen molar-refractivity contribution in [3.05, 3.63) is 70.8 Å². The first-order chi connectivity index (χ1) is 11.6. The Labute approximate surface area is 155 Å². The molecule has 8 heteroatoms. The molecule has 0 aliphatic carbocycles. The van der Waals surface area contributed by atoms with Crippen LogP contribution < -0.4 is 0 Å². The molecule has 0 amide bonds. The molecule has 0 fully saturated rings. The molecule has 4 nitrogen and oxygen atoms in total. The Kier molecular flexibility index (Phi) is 7.90. The summed E-state index contributed by atoms with van der Waals surface area (Å²) in [6.45, 7) is 0. The first kappa shape index (κ1) is 19.1. The first-order valence-electron chi connectivity index (χ1n) is 6.78. The number of hydrogen-bond donors (Lipinski definition) is 2. The van der Waals surface area contributed by atoms with Crippen LogP contribution >= 0.6 is 41.2 Å². The lowest BCUT2D eigenvalue weighted by Gasteiger charge is -2.03. The van der Waals surface area contributed by atoms with Crippen molar-refractivity contribution in [2.24, 2.45) is 0 Å². The van der Waals surface area contributed by atoms with E-state index >= 15 is 0 Å². The van der Waals surface area contributed by atoms with Gasteiger partial charge in [0.25, 0.3) is 0 Å². The van der Waals surface area contributed by atoms with E-state index in [1.807, 2.05) is 12.1 Å². The maximum atomic E-state index is 10.9. The van der Waals surface area contributed by atoms with Crippen molar-refractivity contribution in [3.8, 4) is 0 Å². The zero-order valence-corrected chi connectivity index (χ0v) is 15.6. The van der Waals surface area contributed by atoms with E-state index in [2.05, 4.69) is 0 Å². The van der Waals surface area contributed by atoms with Crippen LogP contribution in [0.3, 0.4) is 0 Å². The van der Waals surface area contributed by atoms with Crippen LogP contribution in [0, 0.1) is 0 Å². The Morgan fingerprint density at radius 1 is 0.750 bits per heavy atom. The van der Waals surface area contributed by atoms with Crippen molar-refractivity contribution in [2.45, 2.75) is 11.5 Å². The van der Waals surface area contributed by atoms with Gasteiger partial charge in [0.15, 0.2) is 0 Å². The summed E-state index contributed by atoms with van der Waals surface area (Å²) in [5.41, 5.74) is 2.57. The van der Waals surface area contributed by atoms with Gasteiger partial charge in [-0.05, 0) is 55.0 Å². The minimum atomic E-state index is -0.914. The van der Waals surface area contributed by atoms with Gasteiger partial charge < -0.3 is 10.2 Å². The van der Waals surface area contributed by atoms with Crippen LogP contribution in [0.25, 0.3) is 0 Å². The molecule has 0 radical (unpaired) electrons. The fourth-order valence-corrected chi connectivity index (χ4v) is 7.65. The smallest absolute Gasteiger partial charge is 0.335 e. The van der Waals surface area contributed by atoms with E-state index in [9.17, 15) is 9.59 Å². The summed E-state index contributed by atoms with van der Waals surface area (Å²) in [5, 5.41) is 17.9. The van der Waals surface area contributed by atoms with Gasteiger partial charge in [-0.2, -0.15) is 0 Å². The van der Waals surface area contributed by atoms with Crippen molar-refractivity contribution in [1.82, 2.24) is 0 Å². The van der Waals surface area contributed by atoms with Crippen LogP contribution in [-0.4, -0.2) is 22.2 Å². The number of carboxylic acids is 2. The molecule has 2 rings (SSSR count). The Bertz CT molecular complexity index is 659. The lowest BCUT2D eigenvalue weighted by Crippen LogP contribution is -1.96. The molecule has 0 bridgehead atoms. The fourth-order valence-electron chi connectivity index (χ4n) is 1.81. The van der Waals surface area contributed by atoms with Gasteiger partial charge in [-0.1, -0.05) is 45.9 Å². The highest BCUT2D eigenvalue weighted by atomic mass is 33.7. The Morgan fingerprint density at radius 2 is 1.17 bits per heavy atom. The predicted molar refractivity (Wildman–Crippen MR) is 105 cm³/mol. The Hall–Kier alpha value is -1.22. The number of benzene rings is 2. The number of rotatable bonds is 9. The van der Waals surface area contributed by atoms with Crippen molar-refractivity contribution in [2.75, 3.05) is 0 Å². The SMILES string of the molecule is O=C(O)c1cccc(CSSSSCc2cccc(C(=O)O)c2)c1. The molecule has 2 aromatic rings. The maximum absolute atomic E-state index is 10.9. The van der Waals surface area contributed by atoms with E-state index in [-0.39, 0.29) is 0 Å². The van der Waals surface area contributed by atoms with E-state index in [0.717, 1.165) is 22.6 Å². The Balaban J connectivity index is 1.68. The first-order valence-corrected chi connectivity index (χ1v) is 11.9. The highest BCUT2D eigenvalue weighted by Gasteiger charge is 2.05. The number of aromatic carboxylic acids is 2. The zero-order chi connectivity index (χ0) is 17.4. The van der Waals surface area contributed by atoms with Crippen LogP contribution in [-0.2, 0) is 11.5 Å². The predicted octanol–water partition coefficient (Wildman–Crippen LogP) is 5.46. The second kappa shape index (κ2) is 9.93. The third kappa shape index (κ3) is 6.35. The molecule has 2 N–H and O–H groups in total.